The summed E-state index contributed by atoms with van der Waals surface area (Å²) in [5.74, 6) is -2.83. The minimum absolute atomic E-state index is 0.0196. The number of amides is 6. The highest BCUT2D eigenvalue weighted by Gasteiger charge is 2.18. The highest BCUT2D eigenvalue weighted by Crippen LogP contribution is 2.12. The SMILES string of the molecule is NCCCCC(N)C(=O)NCCNC(=O)c1cc(C(=O)NCCNC(=O)C(N)CCCCN)cc(C(=O)NCCNC(=O)C(N)CCCCN)c1. The zero-order chi connectivity index (χ0) is 38.0. The first-order valence-corrected chi connectivity index (χ1v) is 17.6. The van der Waals surface area contributed by atoms with Crippen LogP contribution in [0.5, 0.6) is 0 Å². The van der Waals surface area contributed by atoms with Crippen LogP contribution in [0.25, 0.3) is 0 Å². The van der Waals surface area contributed by atoms with Crippen LogP contribution in [0.1, 0.15) is 88.9 Å². The minimum Gasteiger partial charge on any atom is -0.353 e. The Morgan fingerprint density at radius 1 is 0.412 bits per heavy atom. The quantitative estimate of drug-likeness (QED) is 0.0396. The number of rotatable bonds is 27. The van der Waals surface area contributed by atoms with Crippen LogP contribution in [0.15, 0.2) is 18.2 Å². The lowest BCUT2D eigenvalue weighted by molar-refractivity contribution is -0.123. The molecular formula is C33H60N12O6. The lowest BCUT2D eigenvalue weighted by Crippen LogP contribution is -2.44. The Hall–Kier alpha value is -4.20. The van der Waals surface area contributed by atoms with Gasteiger partial charge in [0.15, 0.2) is 0 Å². The van der Waals surface area contributed by atoms with Gasteiger partial charge in [-0.25, -0.2) is 0 Å². The Morgan fingerprint density at radius 2 is 0.647 bits per heavy atom. The maximum absolute atomic E-state index is 13.1. The molecule has 18 nitrogen and oxygen atoms in total. The lowest BCUT2D eigenvalue weighted by Gasteiger charge is -2.14. The summed E-state index contributed by atoms with van der Waals surface area (Å²) in [6, 6.07) is 1.90. The van der Waals surface area contributed by atoms with Gasteiger partial charge in [-0.1, -0.05) is 19.3 Å². The molecule has 0 aliphatic heterocycles. The fourth-order valence-electron chi connectivity index (χ4n) is 4.72. The molecular weight excluding hydrogens is 660 g/mol. The van der Waals surface area contributed by atoms with Crippen LogP contribution in [0, 0.1) is 0 Å². The van der Waals surface area contributed by atoms with E-state index in [-0.39, 0.29) is 73.7 Å². The zero-order valence-corrected chi connectivity index (χ0v) is 29.6. The van der Waals surface area contributed by atoms with Crippen LogP contribution in [-0.4, -0.2) is 112 Å². The number of carbonyl (C=O) groups is 6. The highest BCUT2D eigenvalue weighted by atomic mass is 16.2. The van der Waals surface area contributed by atoms with Crippen molar-refractivity contribution in [1.82, 2.24) is 31.9 Å². The van der Waals surface area contributed by atoms with Gasteiger partial charge in [0.1, 0.15) is 0 Å². The van der Waals surface area contributed by atoms with E-state index in [1.54, 1.807) is 0 Å². The summed E-state index contributed by atoms with van der Waals surface area (Å²) in [6.07, 6.45) is 5.90. The Kier molecular flexibility index (Phi) is 23.4. The molecule has 0 spiro atoms. The van der Waals surface area contributed by atoms with Crippen molar-refractivity contribution in [2.75, 3.05) is 58.9 Å². The van der Waals surface area contributed by atoms with Gasteiger partial charge >= 0.3 is 0 Å². The predicted molar refractivity (Wildman–Crippen MR) is 195 cm³/mol. The maximum atomic E-state index is 13.1. The Morgan fingerprint density at radius 3 is 0.882 bits per heavy atom. The van der Waals surface area contributed by atoms with Crippen LogP contribution in [0.4, 0.5) is 0 Å². The van der Waals surface area contributed by atoms with E-state index in [2.05, 4.69) is 31.9 Å². The molecule has 0 fully saturated rings. The third-order valence-corrected chi connectivity index (χ3v) is 7.77. The summed E-state index contributed by atoms with van der Waals surface area (Å²) >= 11 is 0. The van der Waals surface area contributed by atoms with Gasteiger partial charge in [0.2, 0.25) is 17.7 Å². The number of nitrogens with one attached hydrogen (secondary N) is 6. The molecule has 1 aromatic carbocycles. The van der Waals surface area contributed by atoms with E-state index in [1.807, 2.05) is 0 Å². The second-order valence-corrected chi connectivity index (χ2v) is 12.1. The number of carbonyl (C=O) groups excluding carboxylic acids is 6. The summed E-state index contributed by atoms with van der Waals surface area (Å²) in [7, 11) is 0. The van der Waals surface area contributed by atoms with Crippen LogP contribution in [-0.2, 0) is 14.4 Å². The maximum Gasteiger partial charge on any atom is 0.251 e. The molecule has 1 aromatic rings. The van der Waals surface area contributed by atoms with Crippen molar-refractivity contribution in [3.8, 4) is 0 Å². The molecule has 0 heterocycles. The number of benzene rings is 1. The fraction of sp³-hybridized carbons (Fsp3) is 0.636. The summed E-state index contributed by atoms with van der Waals surface area (Å²) in [5.41, 5.74) is 34.2. The van der Waals surface area contributed by atoms with Gasteiger partial charge in [-0.15, -0.1) is 0 Å². The monoisotopic (exact) mass is 720 g/mol. The van der Waals surface area contributed by atoms with E-state index in [1.165, 1.54) is 18.2 Å². The molecule has 51 heavy (non-hydrogen) atoms. The molecule has 3 atom stereocenters. The van der Waals surface area contributed by atoms with Crippen LogP contribution in [0.2, 0.25) is 0 Å². The van der Waals surface area contributed by atoms with Gasteiger partial charge in [-0.2, -0.15) is 0 Å². The van der Waals surface area contributed by atoms with Crippen molar-refractivity contribution in [3.63, 3.8) is 0 Å². The van der Waals surface area contributed by atoms with Crippen LogP contribution in [0.3, 0.4) is 0 Å². The summed E-state index contributed by atoms with van der Waals surface area (Å²) in [4.78, 5) is 75.9. The molecule has 0 radical (unpaired) electrons. The molecule has 0 saturated carbocycles. The predicted octanol–water partition coefficient (Wildman–Crippen LogP) is -3.41. The molecule has 3 unspecified atom stereocenters. The van der Waals surface area contributed by atoms with Gasteiger partial charge < -0.3 is 66.3 Å². The van der Waals surface area contributed by atoms with Crippen molar-refractivity contribution >= 4 is 35.4 Å². The van der Waals surface area contributed by atoms with Crippen molar-refractivity contribution in [3.05, 3.63) is 34.9 Å². The lowest BCUT2D eigenvalue weighted by atomic mass is 10.0. The molecule has 6 amide bonds. The van der Waals surface area contributed by atoms with Crippen LogP contribution < -0.4 is 66.3 Å². The van der Waals surface area contributed by atoms with E-state index in [0.29, 0.717) is 38.9 Å². The van der Waals surface area contributed by atoms with Crippen LogP contribution >= 0.6 is 0 Å². The first kappa shape index (κ1) is 44.8. The number of hydrogen-bond donors (Lipinski definition) is 12. The molecule has 0 aliphatic carbocycles. The van der Waals surface area contributed by atoms with Crippen molar-refractivity contribution < 1.29 is 28.8 Å². The first-order valence-electron chi connectivity index (χ1n) is 17.6. The fourth-order valence-corrected chi connectivity index (χ4v) is 4.72. The normalized spacial score (nSPS) is 12.6. The van der Waals surface area contributed by atoms with E-state index < -0.39 is 35.8 Å². The molecule has 0 saturated heterocycles. The number of unbranched alkanes of at least 4 members (excludes halogenated alkanes) is 3. The van der Waals surface area contributed by atoms with Crippen molar-refractivity contribution in [1.29, 1.82) is 0 Å². The van der Waals surface area contributed by atoms with Gasteiger partial charge in [0.25, 0.3) is 17.7 Å². The second-order valence-electron chi connectivity index (χ2n) is 12.1. The first-order chi connectivity index (χ1) is 24.4. The van der Waals surface area contributed by atoms with E-state index in [0.717, 1.165) is 38.5 Å². The van der Waals surface area contributed by atoms with Crippen molar-refractivity contribution in [2.24, 2.45) is 34.4 Å². The largest absolute Gasteiger partial charge is 0.353 e. The smallest absolute Gasteiger partial charge is 0.251 e. The molecule has 18 heteroatoms. The zero-order valence-electron chi connectivity index (χ0n) is 29.6. The molecule has 1 rings (SSSR count). The van der Waals surface area contributed by atoms with Gasteiger partial charge in [-0.05, 0) is 76.4 Å². The molecule has 288 valence electrons. The third kappa shape index (κ3) is 19.1. The second kappa shape index (κ2) is 26.6. The Balaban J connectivity index is 2.87. The molecule has 0 bridgehead atoms. The summed E-state index contributed by atoms with van der Waals surface area (Å²) in [5, 5.41) is 16.0. The molecule has 0 aromatic heterocycles. The van der Waals surface area contributed by atoms with E-state index in [4.69, 9.17) is 34.4 Å². The van der Waals surface area contributed by atoms with Gasteiger partial charge in [0.05, 0.1) is 18.1 Å². The summed E-state index contributed by atoms with van der Waals surface area (Å²) < 4.78 is 0. The molecule has 18 N–H and O–H groups in total. The average molecular weight is 721 g/mol. The number of hydrogen-bond acceptors (Lipinski definition) is 12. The van der Waals surface area contributed by atoms with E-state index in [9.17, 15) is 28.8 Å². The minimum atomic E-state index is -0.693. The Bertz CT molecular complexity index is 1090. The van der Waals surface area contributed by atoms with Crippen molar-refractivity contribution in [2.45, 2.75) is 75.9 Å². The molecule has 0 aliphatic rings. The van der Waals surface area contributed by atoms with Gasteiger partial charge in [0, 0.05) is 56.0 Å². The average Bonchev–Trinajstić information content (AvgIpc) is 3.12. The van der Waals surface area contributed by atoms with E-state index >= 15 is 0 Å². The standard InChI is InChI=1S/C33H60N12O6/c34-10-4-1-7-25(37)31(49)43-16-13-40-28(46)22-19-23(29(47)41-14-17-44-32(50)26(38)8-2-5-11-35)21-24(20-22)30(48)42-15-18-45-33(51)27(39)9-3-6-12-36/h19-21,25-27H,1-18,34-39H2,(H,40,46)(H,41,47)(H,42,48)(H,43,49)(H,44,50)(H,45,51). The number of nitrogens with two attached hydrogens (primary N) is 6. The topological polar surface area (TPSA) is 331 Å². The van der Waals surface area contributed by atoms with Gasteiger partial charge in [-0.3, -0.25) is 28.8 Å². The Labute approximate surface area is 300 Å². The highest BCUT2D eigenvalue weighted by molar-refractivity contribution is 6.04. The summed E-state index contributed by atoms with van der Waals surface area (Å²) in [6.45, 7) is 2.02. The third-order valence-electron chi connectivity index (χ3n) is 7.77.